The van der Waals surface area contributed by atoms with Crippen molar-refractivity contribution in [3.63, 3.8) is 0 Å². The highest BCUT2D eigenvalue weighted by Gasteiger charge is 2.20. The van der Waals surface area contributed by atoms with Gasteiger partial charge in [-0.25, -0.2) is 4.98 Å². The van der Waals surface area contributed by atoms with Gasteiger partial charge < -0.3 is 0 Å². The minimum absolute atomic E-state index is 0.0728. The van der Waals surface area contributed by atoms with E-state index in [1.54, 1.807) is 22.8 Å². The van der Waals surface area contributed by atoms with Crippen LogP contribution in [-0.2, 0) is 17.8 Å². The molecule has 2 amide bonds. The lowest BCUT2D eigenvalue weighted by molar-refractivity contribution is -0.123. The zero-order valence-electron chi connectivity index (χ0n) is 16.1. The van der Waals surface area contributed by atoms with Crippen LogP contribution in [-0.4, -0.2) is 21.4 Å². The molecule has 3 aromatic rings. The molecule has 0 radical (unpaired) electrons. The molecule has 1 atom stereocenters. The summed E-state index contributed by atoms with van der Waals surface area (Å²) in [5.74, 6) is -0.327. The third-order valence-electron chi connectivity index (χ3n) is 5.30. The number of benzene rings is 2. The average molecular weight is 390 g/mol. The van der Waals surface area contributed by atoms with E-state index in [-0.39, 0.29) is 17.4 Å². The van der Waals surface area contributed by atoms with E-state index in [9.17, 15) is 14.4 Å². The standard InChI is InChI=1S/C22H22N4O3/c1-2-16(14-7-4-3-5-8-14)21(28)25-24-20(27)15-10-11-17-18(13-15)23-19-9-6-12-26(19)22(17)29/h3-5,7-8,10-11,13,16H,2,6,9,12H2,1H3,(H,24,27)(H,25,28)/t16-/m1/s1. The number of amides is 2. The molecule has 1 aromatic heterocycles. The number of carbonyl (C=O) groups excluding carboxylic acids is 2. The number of nitrogens with one attached hydrogen (secondary N) is 2. The summed E-state index contributed by atoms with van der Waals surface area (Å²) >= 11 is 0. The Morgan fingerprint density at radius 2 is 1.93 bits per heavy atom. The first-order valence-electron chi connectivity index (χ1n) is 9.77. The third-order valence-corrected chi connectivity index (χ3v) is 5.30. The van der Waals surface area contributed by atoms with Crippen LogP contribution >= 0.6 is 0 Å². The molecule has 0 saturated carbocycles. The summed E-state index contributed by atoms with van der Waals surface area (Å²) in [6, 6.07) is 14.2. The number of nitrogens with zero attached hydrogens (tertiary/aromatic N) is 2. The topological polar surface area (TPSA) is 93.1 Å². The van der Waals surface area contributed by atoms with Crippen molar-refractivity contribution in [3.8, 4) is 0 Å². The highest BCUT2D eigenvalue weighted by atomic mass is 16.2. The Balaban J connectivity index is 1.50. The highest BCUT2D eigenvalue weighted by molar-refractivity contribution is 5.98. The smallest absolute Gasteiger partial charge is 0.269 e. The van der Waals surface area contributed by atoms with Gasteiger partial charge in [-0.15, -0.1) is 0 Å². The molecule has 0 saturated heterocycles. The molecule has 2 aromatic carbocycles. The summed E-state index contributed by atoms with van der Waals surface area (Å²) in [6.45, 7) is 2.61. The molecule has 0 aliphatic carbocycles. The van der Waals surface area contributed by atoms with Crippen LogP contribution in [0, 0.1) is 0 Å². The molecule has 0 bridgehead atoms. The monoisotopic (exact) mass is 390 g/mol. The fourth-order valence-corrected chi connectivity index (χ4v) is 3.76. The first kappa shape index (κ1) is 18.9. The molecule has 1 aliphatic rings. The van der Waals surface area contributed by atoms with Crippen LogP contribution in [0.25, 0.3) is 10.9 Å². The average Bonchev–Trinajstić information content (AvgIpc) is 3.22. The van der Waals surface area contributed by atoms with Crippen molar-refractivity contribution in [3.05, 3.63) is 75.8 Å². The largest absolute Gasteiger partial charge is 0.296 e. The van der Waals surface area contributed by atoms with Crippen LogP contribution < -0.4 is 16.4 Å². The Morgan fingerprint density at radius 1 is 1.14 bits per heavy atom. The lowest BCUT2D eigenvalue weighted by Gasteiger charge is -2.16. The third kappa shape index (κ3) is 3.63. The molecule has 29 heavy (non-hydrogen) atoms. The zero-order chi connectivity index (χ0) is 20.4. The molecule has 2 N–H and O–H groups in total. The van der Waals surface area contributed by atoms with Gasteiger partial charge in [-0.05, 0) is 36.6 Å². The van der Waals surface area contributed by atoms with Gasteiger partial charge in [0.25, 0.3) is 11.5 Å². The van der Waals surface area contributed by atoms with E-state index in [0.717, 1.165) is 24.2 Å². The van der Waals surface area contributed by atoms with Crippen LogP contribution in [0.1, 0.15) is 47.4 Å². The minimum atomic E-state index is -0.453. The van der Waals surface area contributed by atoms with Crippen LogP contribution in [0.15, 0.2) is 53.3 Å². The molecule has 0 unspecified atom stereocenters. The summed E-state index contributed by atoms with van der Waals surface area (Å²) in [7, 11) is 0. The van der Waals surface area contributed by atoms with Crippen LogP contribution in [0.3, 0.4) is 0 Å². The molecule has 0 fully saturated rings. The van der Waals surface area contributed by atoms with E-state index in [4.69, 9.17) is 0 Å². The maximum atomic E-state index is 12.5. The molecule has 4 rings (SSSR count). The molecular weight excluding hydrogens is 368 g/mol. The van der Waals surface area contributed by atoms with Gasteiger partial charge in [-0.2, -0.15) is 0 Å². The normalized spacial score (nSPS) is 13.7. The molecular formula is C22H22N4O3. The van der Waals surface area contributed by atoms with Gasteiger partial charge in [0.15, 0.2) is 0 Å². The van der Waals surface area contributed by atoms with Crippen molar-refractivity contribution in [2.45, 2.75) is 38.6 Å². The quantitative estimate of drug-likeness (QED) is 0.669. The molecule has 7 heteroatoms. The first-order chi connectivity index (χ1) is 14.1. The summed E-state index contributed by atoms with van der Waals surface area (Å²) in [5, 5.41) is 0.492. The van der Waals surface area contributed by atoms with Crippen LogP contribution in [0.5, 0.6) is 0 Å². The molecule has 148 valence electrons. The van der Waals surface area contributed by atoms with Gasteiger partial charge in [-0.1, -0.05) is 37.3 Å². The van der Waals surface area contributed by atoms with Crippen LogP contribution in [0.4, 0.5) is 0 Å². The van der Waals surface area contributed by atoms with Gasteiger partial charge >= 0.3 is 0 Å². The number of aryl methyl sites for hydroxylation is 1. The number of hydrogen-bond acceptors (Lipinski definition) is 4. The van der Waals surface area contributed by atoms with E-state index in [1.807, 2.05) is 37.3 Å². The number of aromatic nitrogens is 2. The van der Waals surface area contributed by atoms with Gasteiger partial charge in [0.2, 0.25) is 5.91 Å². The van der Waals surface area contributed by atoms with Crippen molar-refractivity contribution < 1.29 is 9.59 Å². The van der Waals surface area contributed by atoms with E-state index in [0.29, 0.717) is 29.4 Å². The Labute approximate surface area is 167 Å². The second-order valence-electron chi connectivity index (χ2n) is 7.14. The van der Waals surface area contributed by atoms with Crippen molar-refractivity contribution in [1.29, 1.82) is 0 Å². The fourth-order valence-electron chi connectivity index (χ4n) is 3.76. The molecule has 1 aliphatic heterocycles. The second kappa shape index (κ2) is 7.87. The minimum Gasteiger partial charge on any atom is -0.296 e. The predicted molar refractivity (Wildman–Crippen MR) is 109 cm³/mol. The van der Waals surface area contributed by atoms with Crippen molar-refractivity contribution in [2.24, 2.45) is 0 Å². The van der Waals surface area contributed by atoms with Crippen LogP contribution in [0.2, 0.25) is 0 Å². The van der Waals surface area contributed by atoms with Gasteiger partial charge in [0, 0.05) is 18.5 Å². The fraction of sp³-hybridized carbons (Fsp3) is 0.273. The van der Waals surface area contributed by atoms with Gasteiger partial charge in [0.1, 0.15) is 5.82 Å². The van der Waals surface area contributed by atoms with Crippen molar-refractivity contribution in [1.82, 2.24) is 20.4 Å². The summed E-state index contributed by atoms with van der Waals surface area (Å²) in [4.78, 5) is 42.1. The lowest BCUT2D eigenvalue weighted by atomic mass is 9.96. The Bertz CT molecular complexity index is 1140. The summed E-state index contributed by atoms with van der Waals surface area (Å²) in [5.41, 5.74) is 6.63. The highest BCUT2D eigenvalue weighted by Crippen LogP contribution is 2.19. The lowest BCUT2D eigenvalue weighted by Crippen LogP contribution is -2.43. The number of rotatable bonds is 4. The van der Waals surface area contributed by atoms with Crippen molar-refractivity contribution in [2.75, 3.05) is 0 Å². The Kier molecular flexibility index (Phi) is 5.12. The van der Waals surface area contributed by atoms with Gasteiger partial charge in [0.05, 0.1) is 16.8 Å². The maximum absolute atomic E-state index is 12.5. The number of hydrogen-bond donors (Lipinski definition) is 2. The maximum Gasteiger partial charge on any atom is 0.269 e. The van der Waals surface area contributed by atoms with Crippen molar-refractivity contribution >= 4 is 22.7 Å². The first-order valence-corrected chi connectivity index (χ1v) is 9.77. The molecule has 0 spiro atoms. The van der Waals surface area contributed by atoms with Gasteiger partial charge in [-0.3, -0.25) is 29.8 Å². The SMILES string of the molecule is CC[C@@H](C(=O)NNC(=O)c1ccc2c(=O)n3c(nc2c1)CCC3)c1ccccc1. The zero-order valence-corrected chi connectivity index (χ0v) is 16.1. The number of fused-ring (bicyclic) bond motifs is 2. The molecule has 2 heterocycles. The summed E-state index contributed by atoms with van der Waals surface area (Å²) < 4.78 is 1.69. The molecule has 7 nitrogen and oxygen atoms in total. The van der Waals surface area contributed by atoms with E-state index in [1.165, 1.54) is 0 Å². The number of hydrazine groups is 1. The van der Waals surface area contributed by atoms with E-state index < -0.39 is 5.91 Å². The van der Waals surface area contributed by atoms with E-state index >= 15 is 0 Å². The number of carbonyl (C=O) groups is 2. The Hall–Kier alpha value is -3.48. The second-order valence-corrected chi connectivity index (χ2v) is 7.14. The Morgan fingerprint density at radius 3 is 2.69 bits per heavy atom. The predicted octanol–water partition coefficient (Wildman–Crippen LogP) is 2.30. The summed E-state index contributed by atoms with van der Waals surface area (Å²) in [6.07, 6.45) is 2.27. The van der Waals surface area contributed by atoms with E-state index in [2.05, 4.69) is 15.8 Å².